The number of benzene rings is 1. The molecule has 0 spiro atoms. The van der Waals surface area contributed by atoms with Crippen LogP contribution in [0, 0.1) is 0 Å². The first-order chi connectivity index (χ1) is 8.82. The van der Waals surface area contributed by atoms with Crippen LogP contribution in [0.1, 0.15) is 22.9 Å². The van der Waals surface area contributed by atoms with Gasteiger partial charge in [-0.1, -0.05) is 23.4 Å². The molecule has 102 valence electrons. The number of aryl methyl sites for hydroxylation is 1. The molecule has 1 aromatic heterocycles. The number of hydrogen-bond acceptors (Lipinski definition) is 3. The van der Waals surface area contributed by atoms with Crippen LogP contribution >= 0.6 is 15.9 Å². The van der Waals surface area contributed by atoms with E-state index >= 15 is 0 Å². The van der Waals surface area contributed by atoms with Crippen molar-refractivity contribution in [2.75, 3.05) is 0 Å². The minimum atomic E-state index is -4.45. The van der Waals surface area contributed by atoms with Crippen molar-refractivity contribution in [3.63, 3.8) is 0 Å². The normalized spacial score (nSPS) is 13.6. The van der Waals surface area contributed by atoms with Crippen molar-refractivity contribution in [3.05, 3.63) is 45.7 Å². The summed E-state index contributed by atoms with van der Waals surface area (Å²) in [4.78, 5) is 0. The van der Waals surface area contributed by atoms with E-state index in [1.165, 1.54) is 22.9 Å². The van der Waals surface area contributed by atoms with Gasteiger partial charge < -0.3 is 5.73 Å². The smallest absolute Gasteiger partial charge is 0.319 e. The highest BCUT2D eigenvalue weighted by Crippen LogP contribution is 2.36. The highest BCUT2D eigenvalue weighted by molar-refractivity contribution is 9.10. The monoisotopic (exact) mass is 334 g/mol. The van der Waals surface area contributed by atoms with Crippen LogP contribution in [-0.2, 0) is 13.2 Å². The molecule has 0 saturated carbocycles. The number of alkyl halides is 3. The first-order valence-corrected chi connectivity index (χ1v) is 6.08. The van der Waals surface area contributed by atoms with Crippen molar-refractivity contribution in [3.8, 4) is 0 Å². The number of nitrogens with two attached hydrogens (primary N) is 1. The molecule has 0 fully saturated rings. The highest BCUT2D eigenvalue weighted by atomic mass is 79.9. The molecule has 8 heteroatoms. The van der Waals surface area contributed by atoms with E-state index in [-0.39, 0.29) is 5.56 Å². The first kappa shape index (κ1) is 14.0. The first-order valence-electron chi connectivity index (χ1n) is 5.29. The van der Waals surface area contributed by atoms with Gasteiger partial charge in [0.15, 0.2) is 4.60 Å². The van der Waals surface area contributed by atoms with Gasteiger partial charge in [0.1, 0.15) is 0 Å². The standard InChI is InChI=1S/C11H10BrF3N4/c1-19-9(10(12)17-18-19)8(16)6-4-2-3-5-7(6)11(13,14)15/h2-5,8H,16H2,1H3. The Bertz CT molecular complexity index is 574. The Balaban J connectivity index is 2.54. The second kappa shape index (κ2) is 4.93. The minimum Gasteiger partial charge on any atom is -0.319 e. The van der Waals surface area contributed by atoms with Gasteiger partial charge in [0.2, 0.25) is 0 Å². The van der Waals surface area contributed by atoms with E-state index in [2.05, 4.69) is 26.2 Å². The summed E-state index contributed by atoms with van der Waals surface area (Å²) in [6, 6.07) is 4.24. The van der Waals surface area contributed by atoms with Gasteiger partial charge in [-0.05, 0) is 27.6 Å². The summed E-state index contributed by atoms with van der Waals surface area (Å²) >= 11 is 3.13. The predicted octanol–water partition coefficient (Wildman–Crippen LogP) is 2.64. The van der Waals surface area contributed by atoms with Gasteiger partial charge in [0.25, 0.3) is 0 Å². The Kier molecular flexibility index (Phi) is 3.64. The van der Waals surface area contributed by atoms with E-state index < -0.39 is 17.8 Å². The molecule has 0 saturated heterocycles. The number of halogens is 4. The Hall–Kier alpha value is -1.41. The molecule has 0 aliphatic carbocycles. The Labute approximate surface area is 115 Å². The third-order valence-corrected chi connectivity index (χ3v) is 3.29. The van der Waals surface area contributed by atoms with Gasteiger partial charge in [-0.15, -0.1) is 5.10 Å². The zero-order valence-corrected chi connectivity index (χ0v) is 11.4. The lowest BCUT2D eigenvalue weighted by Crippen LogP contribution is -2.21. The highest BCUT2D eigenvalue weighted by Gasteiger charge is 2.35. The summed E-state index contributed by atoms with van der Waals surface area (Å²) in [6.45, 7) is 0. The Morgan fingerprint density at radius 2 is 1.95 bits per heavy atom. The van der Waals surface area contributed by atoms with Crippen LogP contribution in [-0.4, -0.2) is 15.0 Å². The molecule has 1 heterocycles. The number of rotatable bonds is 2. The van der Waals surface area contributed by atoms with Gasteiger partial charge in [-0.2, -0.15) is 13.2 Å². The van der Waals surface area contributed by atoms with Gasteiger partial charge in [0.05, 0.1) is 17.3 Å². The minimum absolute atomic E-state index is 0.0129. The topological polar surface area (TPSA) is 56.7 Å². The molecule has 1 atom stereocenters. The van der Waals surface area contributed by atoms with Crippen molar-refractivity contribution in [2.24, 2.45) is 12.8 Å². The largest absolute Gasteiger partial charge is 0.416 e. The van der Waals surface area contributed by atoms with Crippen molar-refractivity contribution in [1.29, 1.82) is 0 Å². The molecule has 0 aliphatic rings. The summed E-state index contributed by atoms with van der Waals surface area (Å²) in [6.07, 6.45) is -4.45. The molecule has 0 aliphatic heterocycles. The van der Waals surface area contributed by atoms with Crippen LogP contribution in [0.2, 0.25) is 0 Å². The summed E-state index contributed by atoms with van der Waals surface area (Å²) in [5.41, 5.74) is 5.55. The fourth-order valence-corrected chi connectivity index (χ4v) is 2.42. The lowest BCUT2D eigenvalue weighted by atomic mass is 9.98. The van der Waals surface area contributed by atoms with E-state index in [4.69, 9.17) is 5.73 Å². The van der Waals surface area contributed by atoms with Crippen LogP contribution < -0.4 is 5.73 Å². The molecule has 0 bridgehead atoms. The van der Waals surface area contributed by atoms with Crippen molar-refractivity contribution < 1.29 is 13.2 Å². The van der Waals surface area contributed by atoms with Crippen LogP contribution in [0.4, 0.5) is 13.2 Å². The lowest BCUT2D eigenvalue weighted by molar-refractivity contribution is -0.138. The average molecular weight is 335 g/mol. The van der Waals surface area contributed by atoms with Crippen molar-refractivity contribution >= 4 is 15.9 Å². The maximum absolute atomic E-state index is 12.9. The van der Waals surface area contributed by atoms with Crippen LogP contribution in [0.25, 0.3) is 0 Å². The Morgan fingerprint density at radius 3 is 2.47 bits per heavy atom. The molecule has 1 unspecified atom stereocenters. The van der Waals surface area contributed by atoms with Crippen molar-refractivity contribution in [1.82, 2.24) is 15.0 Å². The number of hydrogen-bond donors (Lipinski definition) is 1. The number of nitrogens with zero attached hydrogens (tertiary/aromatic N) is 3. The predicted molar refractivity (Wildman–Crippen MR) is 66.2 cm³/mol. The van der Waals surface area contributed by atoms with E-state index in [1.54, 1.807) is 7.05 Å². The second-order valence-corrected chi connectivity index (χ2v) is 4.70. The average Bonchev–Trinajstić information content (AvgIpc) is 2.67. The molecule has 2 N–H and O–H groups in total. The quantitative estimate of drug-likeness (QED) is 0.918. The molecule has 0 radical (unpaired) electrons. The zero-order chi connectivity index (χ0) is 14.2. The van der Waals surface area contributed by atoms with Crippen LogP contribution in [0.5, 0.6) is 0 Å². The van der Waals surface area contributed by atoms with Gasteiger partial charge in [0, 0.05) is 7.05 Å². The maximum atomic E-state index is 12.9. The second-order valence-electron chi connectivity index (χ2n) is 3.95. The molecule has 4 nitrogen and oxygen atoms in total. The van der Waals surface area contributed by atoms with E-state index in [1.807, 2.05) is 0 Å². The zero-order valence-electron chi connectivity index (χ0n) is 9.82. The van der Waals surface area contributed by atoms with Crippen LogP contribution in [0.3, 0.4) is 0 Å². The third-order valence-electron chi connectivity index (χ3n) is 2.72. The molecular weight excluding hydrogens is 325 g/mol. The Morgan fingerprint density at radius 1 is 1.32 bits per heavy atom. The van der Waals surface area contributed by atoms with Gasteiger partial charge in [-0.25, -0.2) is 4.68 Å². The molecule has 0 amide bonds. The van der Waals surface area contributed by atoms with Crippen molar-refractivity contribution in [2.45, 2.75) is 12.2 Å². The summed E-state index contributed by atoms with van der Waals surface area (Å²) in [5.74, 6) is 0. The van der Waals surface area contributed by atoms with Crippen LogP contribution in [0.15, 0.2) is 28.9 Å². The van der Waals surface area contributed by atoms with E-state index in [0.29, 0.717) is 10.3 Å². The third kappa shape index (κ3) is 2.64. The molecule has 19 heavy (non-hydrogen) atoms. The summed E-state index contributed by atoms with van der Waals surface area (Å²) in [5, 5.41) is 7.44. The van der Waals surface area contributed by atoms with Gasteiger partial charge >= 0.3 is 6.18 Å². The lowest BCUT2D eigenvalue weighted by Gasteiger charge is -2.18. The maximum Gasteiger partial charge on any atom is 0.416 e. The molecule has 2 aromatic rings. The SMILES string of the molecule is Cn1nnc(Br)c1C(N)c1ccccc1C(F)(F)F. The summed E-state index contributed by atoms with van der Waals surface area (Å²) < 4.78 is 40.5. The van der Waals surface area contributed by atoms with E-state index in [9.17, 15) is 13.2 Å². The fourth-order valence-electron chi connectivity index (χ4n) is 1.84. The summed E-state index contributed by atoms with van der Waals surface area (Å²) in [7, 11) is 1.57. The molecule has 1 aromatic carbocycles. The molecule has 2 rings (SSSR count). The fraction of sp³-hybridized carbons (Fsp3) is 0.273. The van der Waals surface area contributed by atoms with E-state index in [0.717, 1.165) is 6.07 Å². The van der Waals surface area contributed by atoms with Gasteiger partial charge in [-0.3, -0.25) is 0 Å². The molecular formula is C11H10BrF3N4. The number of aromatic nitrogens is 3.